The molecule has 0 N–H and O–H groups in total. The SMILES string of the molecule is COc1cc(C(=O)OCCS(=O)(=O)[O-])ccc1I. The monoisotopic (exact) mass is 385 g/mol. The maximum Gasteiger partial charge on any atom is 0.338 e. The number of carbonyl (C=O) groups is 1. The Balaban J connectivity index is 2.67. The summed E-state index contributed by atoms with van der Waals surface area (Å²) >= 11 is 2.04. The third-order valence-corrected chi connectivity index (χ3v) is 3.51. The molecule has 0 aliphatic heterocycles. The van der Waals surface area contributed by atoms with Gasteiger partial charge in [-0.05, 0) is 40.8 Å². The van der Waals surface area contributed by atoms with E-state index in [2.05, 4.69) is 4.74 Å². The largest absolute Gasteiger partial charge is 0.748 e. The van der Waals surface area contributed by atoms with Gasteiger partial charge in [-0.2, -0.15) is 0 Å². The molecule has 0 amide bonds. The molecule has 0 bridgehead atoms. The van der Waals surface area contributed by atoms with Crippen molar-refractivity contribution in [3.63, 3.8) is 0 Å². The summed E-state index contributed by atoms with van der Waals surface area (Å²) in [6.07, 6.45) is 0. The molecule has 0 aliphatic carbocycles. The molecule has 0 heterocycles. The van der Waals surface area contributed by atoms with Gasteiger partial charge in [-0.15, -0.1) is 0 Å². The fourth-order valence-corrected chi connectivity index (χ4v) is 1.95. The standard InChI is InChI=1S/C10H11IO6S/c1-16-9-6-7(2-3-8(9)11)10(12)17-4-5-18(13,14)15/h2-3,6H,4-5H2,1H3,(H,13,14,15)/p-1. The lowest BCUT2D eigenvalue weighted by atomic mass is 10.2. The number of ether oxygens (including phenoxy) is 2. The van der Waals surface area contributed by atoms with Crippen molar-refractivity contribution in [1.29, 1.82) is 0 Å². The first-order valence-corrected chi connectivity index (χ1v) is 7.43. The normalized spacial score (nSPS) is 11.1. The molecule has 0 aromatic heterocycles. The predicted octanol–water partition coefficient (Wildman–Crippen LogP) is 1.00. The van der Waals surface area contributed by atoms with Crippen LogP contribution in [0.5, 0.6) is 5.75 Å². The molecule has 0 fully saturated rings. The Kier molecular flexibility index (Phi) is 5.35. The molecule has 0 aliphatic rings. The van der Waals surface area contributed by atoms with Gasteiger partial charge in [0.2, 0.25) is 0 Å². The van der Waals surface area contributed by atoms with Crippen LogP contribution in [-0.2, 0) is 14.9 Å². The highest BCUT2D eigenvalue weighted by Crippen LogP contribution is 2.22. The van der Waals surface area contributed by atoms with Gasteiger partial charge in [0.05, 0.1) is 32.1 Å². The quantitative estimate of drug-likeness (QED) is 0.427. The topological polar surface area (TPSA) is 92.7 Å². The molecule has 0 saturated carbocycles. The van der Waals surface area contributed by atoms with E-state index >= 15 is 0 Å². The van der Waals surface area contributed by atoms with Crippen molar-refractivity contribution < 1.29 is 27.2 Å². The number of carbonyl (C=O) groups excluding carboxylic acids is 1. The van der Waals surface area contributed by atoms with E-state index in [-0.39, 0.29) is 5.56 Å². The first-order valence-electron chi connectivity index (χ1n) is 4.77. The summed E-state index contributed by atoms with van der Waals surface area (Å²) in [7, 11) is -2.91. The van der Waals surface area contributed by atoms with Crippen LogP contribution in [0.1, 0.15) is 10.4 Å². The summed E-state index contributed by atoms with van der Waals surface area (Å²) in [5.74, 6) is -0.921. The van der Waals surface area contributed by atoms with Crippen LogP contribution in [0.3, 0.4) is 0 Å². The second-order valence-corrected chi connectivity index (χ2v) is 5.93. The second-order valence-electron chi connectivity index (χ2n) is 3.25. The minimum Gasteiger partial charge on any atom is -0.748 e. The van der Waals surface area contributed by atoms with E-state index in [0.717, 1.165) is 3.57 Å². The molecule has 6 nitrogen and oxygen atoms in total. The first kappa shape index (κ1) is 15.2. The highest BCUT2D eigenvalue weighted by atomic mass is 127. The van der Waals surface area contributed by atoms with Gasteiger partial charge in [-0.1, -0.05) is 0 Å². The number of halogens is 1. The van der Waals surface area contributed by atoms with Crippen LogP contribution in [0.4, 0.5) is 0 Å². The Morgan fingerprint density at radius 3 is 2.67 bits per heavy atom. The average molecular weight is 385 g/mol. The van der Waals surface area contributed by atoms with Gasteiger partial charge in [0, 0.05) is 0 Å². The van der Waals surface area contributed by atoms with E-state index in [4.69, 9.17) is 4.74 Å². The fourth-order valence-electron chi connectivity index (χ4n) is 1.11. The summed E-state index contributed by atoms with van der Waals surface area (Å²) in [5.41, 5.74) is 0.232. The van der Waals surface area contributed by atoms with E-state index in [9.17, 15) is 17.8 Å². The minimum atomic E-state index is -4.37. The zero-order valence-corrected chi connectivity index (χ0v) is 12.4. The molecule has 0 atom stereocenters. The predicted molar refractivity (Wildman–Crippen MR) is 70.6 cm³/mol. The molecule has 0 saturated heterocycles. The average Bonchev–Trinajstić information content (AvgIpc) is 2.27. The minimum absolute atomic E-state index is 0.232. The lowest BCUT2D eigenvalue weighted by Crippen LogP contribution is -2.15. The van der Waals surface area contributed by atoms with E-state index in [0.29, 0.717) is 5.75 Å². The highest BCUT2D eigenvalue weighted by Gasteiger charge is 2.10. The highest BCUT2D eigenvalue weighted by molar-refractivity contribution is 14.1. The molecular formula is C10H10IO6S-. The van der Waals surface area contributed by atoms with Crippen LogP contribution in [0.15, 0.2) is 18.2 Å². The summed E-state index contributed by atoms with van der Waals surface area (Å²) < 4.78 is 41.5. The van der Waals surface area contributed by atoms with Gasteiger partial charge < -0.3 is 14.0 Å². The van der Waals surface area contributed by atoms with E-state index in [1.54, 1.807) is 6.07 Å². The first-order chi connectivity index (χ1) is 8.33. The lowest BCUT2D eigenvalue weighted by molar-refractivity contribution is 0.0527. The molecule has 0 radical (unpaired) electrons. The van der Waals surface area contributed by atoms with Crippen molar-refractivity contribution in [2.45, 2.75) is 0 Å². The van der Waals surface area contributed by atoms with Crippen molar-refractivity contribution in [3.05, 3.63) is 27.3 Å². The molecular weight excluding hydrogens is 375 g/mol. The summed E-state index contributed by atoms with van der Waals surface area (Å²) in [5, 5.41) is 0. The van der Waals surface area contributed by atoms with E-state index in [1.807, 2.05) is 22.6 Å². The van der Waals surface area contributed by atoms with E-state index in [1.165, 1.54) is 19.2 Å². The molecule has 18 heavy (non-hydrogen) atoms. The Labute approximate surface area is 118 Å². The number of esters is 1. The van der Waals surface area contributed by atoms with Gasteiger partial charge >= 0.3 is 5.97 Å². The number of rotatable bonds is 5. The van der Waals surface area contributed by atoms with Gasteiger partial charge in [-0.3, -0.25) is 0 Å². The van der Waals surface area contributed by atoms with Gasteiger partial charge in [-0.25, -0.2) is 13.2 Å². The maximum atomic E-state index is 11.5. The van der Waals surface area contributed by atoms with Crippen molar-refractivity contribution in [2.24, 2.45) is 0 Å². The third-order valence-electron chi connectivity index (χ3n) is 1.95. The lowest BCUT2D eigenvalue weighted by Gasteiger charge is -2.09. The summed E-state index contributed by atoms with van der Waals surface area (Å²) in [4.78, 5) is 11.5. The molecule has 0 unspecified atom stereocenters. The molecule has 8 heteroatoms. The van der Waals surface area contributed by atoms with E-state index < -0.39 is 28.4 Å². The zero-order valence-electron chi connectivity index (χ0n) is 9.38. The summed E-state index contributed by atoms with van der Waals surface area (Å²) in [6.45, 7) is -0.459. The second kappa shape index (κ2) is 6.34. The van der Waals surface area contributed by atoms with Gasteiger partial charge in [0.1, 0.15) is 12.4 Å². The number of benzene rings is 1. The maximum absolute atomic E-state index is 11.5. The Morgan fingerprint density at radius 1 is 1.44 bits per heavy atom. The summed E-state index contributed by atoms with van der Waals surface area (Å²) in [6, 6.07) is 4.68. The van der Waals surface area contributed by atoms with Crippen LogP contribution in [0.2, 0.25) is 0 Å². The van der Waals surface area contributed by atoms with Crippen molar-refractivity contribution in [3.8, 4) is 5.75 Å². The van der Waals surface area contributed by atoms with Gasteiger partial charge in [0.15, 0.2) is 0 Å². The third kappa shape index (κ3) is 4.78. The van der Waals surface area contributed by atoms with Crippen LogP contribution < -0.4 is 4.74 Å². The smallest absolute Gasteiger partial charge is 0.338 e. The molecule has 100 valence electrons. The van der Waals surface area contributed by atoms with Crippen LogP contribution in [0, 0.1) is 3.57 Å². The van der Waals surface area contributed by atoms with Crippen LogP contribution >= 0.6 is 22.6 Å². The Morgan fingerprint density at radius 2 is 2.11 bits per heavy atom. The fraction of sp³-hybridized carbons (Fsp3) is 0.300. The molecule has 1 rings (SSSR count). The van der Waals surface area contributed by atoms with Crippen molar-refractivity contribution in [1.82, 2.24) is 0 Å². The number of methoxy groups -OCH3 is 1. The molecule has 1 aromatic carbocycles. The molecule has 0 spiro atoms. The number of hydrogen-bond donors (Lipinski definition) is 0. The van der Waals surface area contributed by atoms with Crippen LogP contribution in [-0.4, -0.2) is 38.4 Å². The Hall–Kier alpha value is -0.870. The number of hydrogen-bond acceptors (Lipinski definition) is 6. The van der Waals surface area contributed by atoms with Gasteiger partial charge in [0.25, 0.3) is 0 Å². The van der Waals surface area contributed by atoms with Crippen LogP contribution in [0.25, 0.3) is 0 Å². The Bertz CT molecular complexity index is 539. The van der Waals surface area contributed by atoms with Crippen molar-refractivity contribution in [2.75, 3.05) is 19.5 Å². The van der Waals surface area contributed by atoms with Crippen molar-refractivity contribution >= 4 is 38.7 Å². The molecule has 1 aromatic rings. The zero-order chi connectivity index (χ0) is 13.8.